The normalized spacial score (nSPS) is 12.2. The molecule has 1 aliphatic rings. The quantitative estimate of drug-likeness (QED) is 0.324. The van der Waals surface area contributed by atoms with Gasteiger partial charge < -0.3 is 18.9 Å². The number of carbonyl (C=O) groups excluding carboxylic acids is 2. The van der Waals surface area contributed by atoms with Crippen LogP contribution < -0.4 is 14.2 Å². The molecule has 2 aromatic carbocycles. The summed E-state index contributed by atoms with van der Waals surface area (Å²) in [4.78, 5) is 23.3. The molecule has 6 heteroatoms. The van der Waals surface area contributed by atoms with Crippen molar-refractivity contribution in [2.45, 2.75) is 51.9 Å². The van der Waals surface area contributed by atoms with Gasteiger partial charge in [0.25, 0.3) is 0 Å². The summed E-state index contributed by atoms with van der Waals surface area (Å²) in [6.07, 6.45) is 5.54. The van der Waals surface area contributed by atoms with E-state index in [9.17, 15) is 9.59 Å². The third kappa shape index (κ3) is 6.25. The molecule has 1 aliphatic heterocycles. The van der Waals surface area contributed by atoms with E-state index in [4.69, 9.17) is 18.9 Å². The van der Waals surface area contributed by atoms with Crippen molar-refractivity contribution in [3.63, 3.8) is 0 Å². The topological polar surface area (TPSA) is 71.1 Å². The number of methoxy groups -OCH3 is 1. The highest BCUT2D eigenvalue weighted by Crippen LogP contribution is 2.37. The second-order valence-corrected chi connectivity index (χ2v) is 7.82. The van der Waals surface area contributed by atoms with Gasteiger partial charge in [0, 0.05) is 12.0 Å². The zero-order chi connectivity index (χ0) is 22.8. The van der Waals surface area contributed by atoms with E-state index in [1.54, 1.807) is 0 Å². The predicted octanol–water partition coefficient (Wildman–Crippen LogP) is 4.95. The zero-order valence-electron chi connectivity index (χ0n) is 19.0. The van der Waals surface area contributed by atoms with Crippen LogP contribution in [0.2, 0.25) is 0 Å². The van der Waals surface area contributed by atoms with E-state index >= 15 is 0 Å². The molecule has 6 nitrogen and oxygen atoms in total. The maximum absolute atomic E-state index is 11.9. The van der Waals surface area contributed by atoms with Gasteiger partial charge >= 0.3 is 5.97 Å². The lowest BCUT2D eigenvalue weighted by Crippen LogP contribution is -2.05. The first-order chi connectivity index (χ1) is 15.6. The average Bonchev–Trinajstić information content (AvgIpc) is 3.19. The molecular weight excluding hydrogens is 408 g/mol. The molecule has 0 bridgehead atoms. The number of fused-ring (bicyclic) bond motifs is 1. The Morgan fingerprint density at radius 2 is 1.72 bits per heavy atom. The molecule has 0 N–H and O–H groups in total. The molecule has 172 valence electrons. The molecule has 2 aromatic rings. The van der Waals surface area contributed by atoms with E-state index in [-0.39, 0.29) is 18.4 Å². The van der Waals surface area contributed by atoms with Gasteiger partial charge in [0.15, 0.2) is 6.61 Å². The van der Waals surface area contributed by atoms with E-state index in [2.05, 4.69) is 6.92 Å². The molecule has 0 saturated carbocycles. The van der Waals surface area contributed by atoms with Crippen molar-refractivity contribution in [1.82, 2.24) is 0 Å². The molecule has 0 radical (unpaired) electrons. The van der Waals surface area contributed by atoms with E-state index in [1.165, 1.54) is 7.11 Å². The molecule has 0 aromatic heterocycles. The van der Waals surface area contributed by atoms with Crippen LogP contribution in [-0.2, 0) is 22.4 Å². The summed E-state index contributed by atoms with van der Waals surface area (Å²) in [6, 6.07) is 11.5. The lowest BCUT2D eigenvalue weighted by molar-refractivity contribution is -0.140. The number of hydrogen-bond acceptors (Lipinski definition) is 6. The van der Waals surface area contributed by atoms with Gasteiger partial charge in [-0.1, -0.05) is 31.5 Å². The minimum Gasteiger partial charge on any atom is -0.493 e. The van der Waals surface area contributed by atoms with Crippen LogP contribution in [0, 0.1) is 0 Å². The zero-order valence-corrected chi connectivity index (χ0v) is 19.0. The van der Waals surface area contributed by atoms with E-state index < -0.39 is 0 Å². The summed E-state index contributed by atoms with van der Waals surface area (Å²) >= 11 is 0. The van der Waals surface area contributed by atoms with Crippen molar-refractivity contribution in [3.8, 4) is 17.2 Å². The third-order valence-electron chi connectivity index (χ3n) is 5.47. The average molecular weight is 441 g/mol. The standard InChI is InChI=1S/C26H32O6/c1-3-9-21-24(14-13-20-22(27)18-32-26(20)21)31-17-8-4-7-16-30-23-11-6-5-10-19(23)12-15-25(28)29-2/h5-6,10-11,13-14H,3-4,7-9,12,15-18H2,1-2H3. The van der Waals surface area contributed by atoms with E-state index in [0.29, 0.717) is 37.4 Å². The van der Waals surface area contributed by atoms with Gasteiger partial charge in [0.05, 0.1) is 25.9 Å². The smallest absolute Gasteiger partial charge is 0.305 e. The van der Waals surface area contributed by atoms with Gasteiger partial charge in [0.1, 0.15) is 17.2 Å². The van der Waals surface area contributed by atoms with Crippen LogP contribution >= 0.6 is 0 Å². The Morgan fingerprint density at radius 1 is 0.969 bits per heavy atom. The molecule has 0 spiro atoms. The summed E-state index contributed by atoms with van der Waals surface area (Å²) in [7, 11) is 1.40. The van der Waals surface area contributed by atoms with E-state index in [1.807, 2.05) is 36.4 Å². The summed E-state index contributed by atoms with van der Waals surface area (Å²) in [5.41, 5.74) is 2.69. The number of unbranched alkanes of at least 4 members (excludes halogenated alkanes) is 2. The minimum absolute atomic E-state index is 0.0378. The summed E-state index contributed by atoms with van der Waals surface area (Å²) in [6.45, 7) is 3.46. The lowest BCUT2D eigenvalue weighted by Gasteiger charge is -2.14. The number of rotatable bonds is 13. The molecule has 0 aliphatic carbocycles. The van der Waals surface area contributed by atoms with Crippen molar-refractivity contribution in [2.75, 3.05) is 26.9 Å². The van der Waals surface area contributed by atoms with Crippen LogP contribution in [0.5, 0.6) is 17.2 Å². The van der Waals surface area contributed by atoms with Crippen LogP contribution in [0.4, 0.5) is 0 Å². The Labute approximate surface area is 189 Å². The first-order valence-electron chi connectivity index (χ1n) is 11.4. The van der Waals surface area contributed by atoms with Gasteiger partial charge in [-0.05, 0) is 55.9 Å². The maximum Gasteiger partial charge on any atom is 0.305 e. The highest BCUT2D eigenvalue weighted by molar-refractivity contribution is 6.03. The fourth-order valence-corrected chi connectivity index (χ4v) is 3.77. The van der Waals surface area contributed by atoms with Crippen molar-refractivity contribution in [1.29, 1.82) is 0 Å². The number of ether oxygens (including phenoxy) is 4. The molecule has 0 unspecified atom stereocenters. The Balaban J connectivity index is 1.40. The van der Waals surface area contributed by atoms with Crippen molar-refractivity contribution >= 4 is 11.8 Å². The van der Waals surface area contributed by atoms with Gasteiger partial charge in [0.2, 0.25) is 5.78 Å². The first kappa shape index (κ1) is 23.6. The second-order valence-electron chi connectivity index (χ2n) is 7.82. The predicted molar refractivity (Wildman–Crippen MR) is 122 cm³/mol. The summed E-state index contributed by atoms with van der Waals surface area (Å²) in [5.74, 6) is 2.16. The largest absolute Gasteiger partial charge is 0.493 e. The highest BCUT2D eigenvalue weighted by Gasteiger charge is 2.26. The number of ketones is 1. The fraction of sp³-hybridized carbons (Fsp3) is 0.462. The van der Waals surface area contributed by atoms with Gasteiger partial charge in [-0.3, -0.25) is 9.59 Å². The Kier molecular flexibility index (Phi) is 8.96. The van der Waals surface area contributed by atoms with Crippen molar-refractivity contribution in [2.24, 2.45) is 0 Å². The van der Waals surface area contributed by atoms with Crippen LogP contribution in [0.1, 0.15) is 60.5 Å². The molecular formula is C26H32O6. The molecule has 3 rings (SSSR count). The number of carbonyl (C=O) groups is 2. The van der Waals surface area contributed by atoms with Crippen LogP contribution in [0.25, 0.3) is 0 Å². The number of benzene rings is 2. The SMILES string of the molecule is CCCc1c(OCCCCCOc2ccccc2CCC(=O)OC)ccc2c1OCC2=O. The van der Waals surface area contributed by atoms with Crippen LogP contribution in [-0.4, -0.2) is 38.7 Å². The number of hydrogen-bond donors (Lipinski definition) is 0. The van der Waals surface area contributed by atoms with Gasteiger partial charge in [-0.15, -0.1) is 0 Å². The lowest BCUT2D eigenvalue weighted by atomic mass is 10.0. The number of para-hydroxylation sites is 1. The summed E-state index contributed by atoms with van der Waals surface area (Å²) in [5, 5.41) is 0. The highest BCUT2D eigenvalue weighted by atomic mass is 16.5. The molecule has 0 fully saturated rings. The van der Waals surface area contributed by atoms with Crippen molar-refractivity contribution in [3.05, 3.63) is 53.1 Å². The second kappa shape index (κ2) is 12.1. The van der Waals surface area contributed by atoms with E-state index in [0.717, 1.165) is 54.7 Å². The molecule has 1 heterocycles. The Morgan fingerprint density at radius 3 is 2.47 bits per heavy atom. The van der Waals surface area contributed by atoms with Crippen LogP contribution in [0.15, 0.2) is 36.4 Å². The number of aryl methyl sites for hydroxylation is 1. The summed E-state index contributed by atoms with van der Waals surface area (Å²) < 4.78 is 22.3. The Hall–Kier alpha value is -3.02. The maximum atomic E-state index is 11.9. The molecule has 0 atom stereocenters. The molecule has 32 heavy (non-hydrogen) atoms. The first-order valence-corrected chi connectivity index (χ1v) is 11.4. The van der Waals surface area contributed by atoms with Gasteiger partial charge in [-0.25, -0.2) is 0 Å². The van der Waals surface area contributed by atoms with Gasteiger partial charge in [-0.2, -0.15) is 0 Å². The monoisotopic (exact) mass is 440 g/mol. The van der Waals surface area contributed by atoms with Crippen LogP contribution in [0.3, 0.4) is 0 Å². The number of Topliss-reactive ketones (excluding diaryl/α,β-unsaturated/α-hetero) is 1. The molecule has 0 amide bonds. The Bertz CT molecular complexity index is 921. The third-order valence-corrected chi connectivity index (χ3v) is 5.47. The van der Waals surface area contributed by atoms with Crippen molar-refractivity contribution < 1.29 is 28.5 Å². The number of esters is 1. The fourth-order valence-electron chi connectivity index (χ4n) is 3.77. The minimum atomic E-state index is -0.219. The molecule has 0 saturated heterocycles.